The van der Waals surface area contributed by atoms with Crippen molar-refractivity contribution in [1.29, 1.82) is 0 Å². The summed E-state index contributed by atoms with van der Waals surface area (Å²) in [5.41, 5.74) is 1.39. The van der Waals surface area contributed by atoms with E-state index in [0.29, 0.717) is 11.3 Å². The number of aliphatic hydroxyl groups excluding tert-OH is 1. The fourth-order valence-electron chi connectivity index (χ4n) is 1.83. The summed E-state index contributed by atoms with van der Waals surface area (Å²) in [6.07, 6.45) is 2.75. The number of hydrogen-bond acceptors (Lipinski definition) is 4. The lowest BCUT2D eigenvalue weighted by atomic mass is 10.1. The van der Waals surface area contributed by atoms with Gasteiger partial charge in [-0.3, -0.25) is 4.79 Å². The third-order valence-corrected chi connectivity index (χ3v) is 3.55. The van der Waals surface area contributed by atoms with Crippen LogP contribution < -0.4 is 10.1 Å². The summed E-state index contributed by atoms with van der Waals surface area (Å²) in [6.45, 7) is 1.81. The van der Waals surface area contributed by atoms with Crippen molar-refractivity contribution in [2.24, 2.45) is 0 Å². The number of aryl methyl sites for hydroxylation is 1. The molecule has 0 aliphatic carbocycles. The highest BCUT2D eigenvalue weighted by atomic mass is 32.2. The van der Waals surface area contributed by atoms with Crippen LogP contribution in [0.1, 0.15) is 22.3 Å². The van der Waals surface area contributed by atoms with Gasteiger partial charge in [-0.05, 0) is 37.0 Å². The first-order valence-corrected chi connectivity index (χ1v) is 7.57. The Labute approximate surface area is 118 Å². The van der Waals surface area contributed by atoms with Crippen molar-refractivity contribution < 1.29 is 14.6 Å². The number of amides is 1. The largest absolute Gasteiger partial charge is 0.496 e. The van der Waals surface area contributed by atoms with Gasteiger partial charge in [-0.25, -0.2) is 0 Å². The van der Waals surface area contributed by atoms with Crippen LogP contribution in [0.3, 0.4) is 0 Å². The number of rotatable bonds is 7. The van der Waals surface area contributed by atoms with Gasteiger partial charge in [-0.1, -0.05) is 12.1 Å². The molecule has 0 unspecified atom stereocenters. The van der Waals surface area contributed by atoms with Crippen molar-refractivity contribution in [2.75, 3.05) is 25.7 Å². The van der Waals surface area contributed by atoms with E-state index in [0.717, 1.165) is 17.7 Å². The topological polar surface area (TPSA) is 58.6 Å². The van der Waals surface area contributed by atoms with Gasteiger partial charge >= 0.3 is 0 Å². The van der Waals surface area contributed by atoms with Gasteiger partial charge in [0.2, 0.25) is 0 Å². The van der Waals surface area contributed by atoms with E-state index in [2.05, 4.69) is 5.32 Å². The Morgan fingerprint density at radius 1 is 1.53 bits per heavy atom. The van der Waals surface area contributed by atoms with Crippen molar-refractivity contribution in [3.63, 3.8) is 0 Å². The number of hydrogen-bond donors (Lipinski definition) is 2. The van der Waals surface area contributed by atoms with Gasteiger partial charge in [0.15, 0.2) is 0 Å². The normalized spacial score (nSPS) is 12.0. The molecule has 0 bridgehead atoms. The first kappa shape index (κ1) is 15.9. The van der Waals surface area contributed by atoms with E-state index in [1.807, 2.05) is 25.3 Å². The standard InChI is InChI=1S/C14H21NO3S/c1-10-5-4-6-12(18-2)13(10)14(17)15-11(9-16)7-8-19-3/h4-6,11,16H,7-9H2,1-3H3,(H,15,17)/t11-/m0/s1. The number of aliphatic hydroxyl groups is 1. The third-order valence-electron chi connectivity index (χ3n) is 2.91. The van der Waals surface area contributed by atoms with Gasteiger partial charge in [0.1, 0.15) is 5.75 Å². The minimum absolute atomic E-state index is 0.0551. The second-order valence-corrected chi connectivity index (χ2v) is 5.27. The van der Waals surface area contributed by atoms with Crippen LogP contribution >= 0.6 is 11.8 Å². The highest BCUT2D eigenvalue weighted by molar-refractivity contribution is 7.98. The fraction of sp³-hybridized carbons (Fsp3) is 0.500. The summed E-state index contributed by atoms with van der Waals surface area (Å²) in [6, 6.07) is 5.26. The molecule has 19 heavy (non-hydrogen) atoms. The van der Waals surface area contributed by atoms with Crippen molar-refractivity contribution in [3.05, 3.63) is 29.3 Å². The molecule has 1 aromatic rings. The number of benzene rings is 1. The van der Waals surface area contributed by atoms with E-state index in [1.165, 1.54) is 0 Å². The SMILES string of the molecule is COc1cccc(C)c1C(=O)N[C@H](CO)CCSC. The number of methoxy groups -OCH3 is 1. The molecule has 1 rings (SSSR count). The third kappa shape index (κ3) is 4.44. The van der Waals surface area contributed by atoms with Crippen LogP contribution in [0.2, 0.25) is 0 Å². The summed E-state index contributed by atoms with van der Waals surface area (Å²) in [5, 5.41) is 12.1. The average molecular weight is 283 g/mol. The predicted molar refractivity (Wildman–Crippen MR) is 79.1 cm³/mol. The van der Waals surface area contributed by atoms with Crippen LogP contribution in [0.4, 0.5) is 0 Å². The molecular weight excluding hydrogens is 262 g/mol. The van der Waals surface area contributed by atoms with Gasteiger partial charge in [0.25, 0.3) is 5.91 Å². The Morgan fingerprint density at radius 3 is 2.84 bits per heavy atom. The fourth-order valence-corrected chi connectivity index (χ4v) is 2.35. The molecule has 1 atom stereocenters. The molecule has 0 heterocycles. The zero-order valence-electron chi connectivity index (χ0n) is 11.6. The predicted octanol–water partition coefficient (Wildman–Crippen LogP) is 1.85. The molecule has 106 valence electrons. The number of thioether (sulfide) groups is 1. The van der Waals surface area contributed by atoms with Crippen molar-refractivity contribution >= 4 is 17.7 Å². The molecule has 0 saturated carbocycles. The Kier molecular flexibility index (Phi) is 6.73. The summed E-state index contributed by atoms with van der Waals surface area (Å²) in [5.74, 6) is 1.25. The molecule has 0 aromatic heterocycles. The zero-order chi connectivity index (χ0) is 14.3. The average Bonchev–Trinajstić information content (AvgIpc) is 2.42. The Bertz CT molecular complexity index is 423. The van der Waals surface area contributed by atoms with Crippen LogP contribution in [-0.4, -0.2) is 42.8 Å². The second-order valence-electron chi connectivity index (χ2n) is 4.29. The maximum Gasteiger partial charge on any atom is 0.255 e. The van der Waals surface area contributed by atoms with Crippen molar-refractivity contribution in [1.82, 2.24) is 5.32 Å². The zero-order valence-corrected chi connectivity index (χ0v) is 12.4. The van der Waals surface area contributed by atoms with E-state index < -0.39 is 0 Å². The molecule has 5 heteroatoms. The molecule has 0 aliphatic rings. The molecule has 1 amide bonds. The van der Waals surface area contributed by atoms with E-state index >= 15 is 0 Å². The number of ether oxygens (including phenoxy) is 1. The lowest BCUT2D eigenvalue weighted by Gasteiger charge is -2.18. The van der Waals surface area contributed by atoms with Gasteiger partial charge in [0.05, 0.1) is 25.3 Å². The lowest BCUT2D eigenvalue weighted by molar-refractivity contribution is 0.0911. The minimum Gasteiger partial charge on any atom is -0.496 e. The molecule has 0 spiro atoms. The van der Waals surface area contributed by atoms with Crippen LogP contribution in [0.25, 0.3) is 0 Å². The number of carbonyl (C=O) groups excluding carboxylic acids is 1. The lowest BCUT2D eigenvalue weighted by Crippen LogP contribution is -2.38. The van der Waals surface area contributed by atoms with E-state index in [4.69, 9.17) is 4.74 Å². The molecule has 2 N–H and O–H groups in total. The number of nitrogens with one attached hydrogen (secondary N) is 1. The molecule has 1 aromatic carbocycles. The van der Waals surface area contributed by atoms with Gasteiger partial charge in [-0.15, -0.1) is 0 Å². The number of carbonyl (C=O) groups is 1. The van der Waals surface area contributed by atoms with Crippen LogP contribution in [0.15, 0.2) is 18.2 Å². The van der Waals surface area contributed by atoms with E-state index in [9.17, 15) is 9.90 Å². The maximum atomic E-state index is 12.3. The van der Waals surface area contributed by atoms with Crippen molar-refractivity contribution in [2.45, 2.75) is 19.4 Å². The quantitative estimate of drug-likeness (QED) is 0.802. The molecule has 0 aliphatic heterocycles. The molecule has 0 radical (unpaired) electrons. The molecular formula is C14H21NO3S. The molecule has 0 saturated heterocycles. The van der Waals surface area contributed by atoms with Crippen LogP contribution in [0.5, 0.6) is 5.75 Å². The summed E-state index contributed by atoms with van der Waals surface area (Å²) in [7, 11) is 1.54. The monoisotopic (exact) mass is 283 g/mol. The van der Waals surface area contributed by atoms with E-state index in [-0.39, 0.29) is 18.6 Å². The summed E-state index contributed by atoms with van der Waals surface area (Å²) >= 11 is 1.69. The molecule has 0 fully saturated rings. The highest BCUT2D eigenvalue weighted by Crippen LogP contribution is 2.21. The first-order valence-electron chi connectivity index (χ1n) is 6.18. The van der Waals surface area contributed by atoms with Crippen molar-refractivity contribution in [3.8, 4) is 5.75 Å². The second kappa shape index (κ2) is 8.07. The maximum absolute atomic E-state index is 12.3. The Balaban J connectivity index is 2.82. The van der Waals surface area contributed by atoms with E-state index in [1.54, 1.807) is 24.9 Å². The van der Waals surface area contributed by atoms with Crippen LogP contribution in [0, 0.1) is 6.92 Å². The molecule has 4 nitrogen and oxygen atoms in total. The first-order chi connectivity index (χ1) is 9.13. The highest BCUT2D eigenvalue weighted by Gasteiger charge is 2.18. The minimum atomic E-state index is -0.218. The summed E-state index contributed by atoms with van der Waals surface area (Å²) < 4.78 is 5.22. The van der Waals surface area contributed by atoms with Gasteiger partial charge in [0, 0.05) is 0 Å². The van der Waals surface area contributed by atoms with Gasteiger partial charge in [-0.2, -0.15) is 11.8 Å². The Morgan fingerprint density at radius 2 is 2.26 bits per heavy atom. The smallest absolute Gasteiger partial charge is 0.255 e. The van der Waals surface area contributed by atoms with Gasteiger partial charge < -0.3 is 15.2 Å². The summed E-state index contributed by atoms with van der Waals surface area (Å²) in [4.78, 5) is 12.3. The van der Waals surface area contributed by atoms with Crippen LogP contribution in [-0.2, 0) is 0 Å². The Hall–Kier alpha value is -1.20.